The van der Waals surface area contributed by atoms with E-state index in [0.717, 1.165) is 27.7 Å². The van der Waals surface area contributed by atoms with Gasteiger partial charge in [-0.3, -0.25) is 0 Å². The van der Waals surface area contributed by atoms with Gasteiger partial charge in [0.25, 0.3) is 0 Å². The monoisotopic (exact) mass is 347 g/mol. The molecule has 0 unspecified atom stereocenters. The predicted molar refractivity (Wildman–Crippen MR) is 100 cm³/mol. The summed E-state index contributed by atoms with van der Waals surface area (Å²) in [5, 5.41) is 11.7. The lowest BCUT2D eigenvalue weighted by molar-refractivity contribution is 0.0527. The molecule has 25 heavy (non-hydrogen) atoms. The molecule has 0 aliphatic heterocycles. The van der Waals surface area contributed by atoms with Gasteiger partial charge in [0.1, 0.15) is 5.75 Å². The second-order valence-corrected chi connectivity index (χ2v) is 6.97. The maximum Gasteiger partial charge on any atom is 0.340 e. The van der Waals surface area contributed by atoms with Crippen molar-refractivity contribution in [3.05, 3.63) is 28.5 Å². The largest absolute Gasteiger partial charge is 0.507 e. The van der Waals surface area contributed by atoms with E-state index < -0.39 is 0 Å². The van der Waals surface area contributed by atoms with Crippen molar-refractivity contribution in [2.75, 3.05) is 34.8 Å². The van der Waals surface area contributed by atoms with E-state index >= 15 is 0 Å². The van der Waals surface area contributed by atoms with Crippen LogP contribution >= 0.6 is 0 Å². The van der Waals surface area contributed by atoms with E-state index in [-0.39, 0.29) is 11.7 Å². The molecule has 138 valence electrons. The van der Waals surface area contributed by atoms with Crippen LogP contribution in [0.25, 0.3) is 10.9 Å². The van der Waals surface area contributed by atoms with Gasteiger partial charge in [0.2, 0.25) is 0 Å². The van der Waals surface area contributed by atoms with Gasteiger partial charge < -0.3 is 24.2 Å². The summed E-state index contributed by atoms with van der Waals surface area (Å²) in [5.74, 6) is -0.0867. The van der Waals surface area contributed by atoms with E-state index in [4.69, 9.17) is 4.74 Å². The van der Waals surface area contributed by atoms with Crippen molar-refractivity contribution in [1.82, 2.24) is 14.4 Å². The molecule has 6 heteroatoms. The summed E-state index contributed by atoms with van der Waals surface area (Å²) in [6, 6.07) is 1.97. The summed E-state index contributed by atoms with van der Waals surface area (Å²) in [4.78, 5) is 16.6. The topological polar surface area (TPSA) is 57.9 Å². The number of aromatic nitrogens is 1. The van der Waals surface area contributed by atoms with Gasteiger partial charge >= 0.3 is 5.97 Å². The number of carbonyl (C=O) groups is 1. The fourth-order valence-electron chi connectivity index (χ4n) is 3.23. The Kier molecular flexibility index (Phi) is 5.75. The maximum absolute atomic E-state index is 12.6. The fraction of sp³-hybridized carbons (Fsp3) is 0.526. The van der Waals surface area contributed by atoms with Crippen LogP contribution in [-0.2, 0) is 24.9 Å². The summed E-state index contributed by atoms with van der Waals surface area (Å²) < 4.78 is 7.27. The van der Waals surface area contributed by atoms with Gasteiger partial charge in [0.15, 0.2) is 0 Å². The summed E-state index contributed by atoms with van der Waals surface area (Å²) in [6.07, 6.45) is 0. The number of nitrogens with zero attached hydrogens (tertiary/aromatic N) is 3. The maximum atomic E-state index is 12.6. The Bertz CT molecular complexity index is 791. The number of aromatic hydroxyl groups is 1. The number of esters is 1. The third kappa shape index (κ3) is 3.65. The highest BCUT2D eigenvalue weighted by molar-refractivity contribution is 6.08. The predicted octanol–water partition coefficient (Wildman–Crippen LogP) is 2.49. The molecule has 0 radical (unpaired) electrons. The first-order valence-corrected chi connectivity index (χ1v) is 8.48. The molecule has 2 aromatic rings. The standard InChI is InChI=1S/C19H29N3O3/c1-8-25-19(24)16-12(2)22(7)15-9-13(10-20(3)4)18(23)14(17(15)16)11-21(5)6/h9,23H,8,10-11H2,1-7H3. The zero-order valence-corrected chi connectivity index (χ0v) is 16.3. The lowest BCUT2D eigenvalue weighted by atomic mass is 9.99. The second kappa shape index (κ2) is 7.45. The van der Waals surface area contributed by atoms with Gasteiger partial charge in [-0.05, 0) is 48.1 Å². The van der Waals surface area contributed by atoms with E-state index in [0.29, 0.717) is 25.3 Å². The Morgan fingerprint density at radius 3 is 2.32 bits per heavy atom. The van der Waals surface area contributed by atoms with E-state index in [2.05, 4.69) is 0 Å². The zero-order chi connectivity index (χ0) is 18.9. The van der Waals surface area contributed by atoms with Crippen molar-refractivity contribution in [2.45, 2.75) is 26.9 Å². The third-order valence-electron chi connectivity index (χ3n) is 4.38. The molecule has 2 rings (SSSR count). The molecule has 0 fully saturated rings. The number of hydrogen-bond donors (Lipinski definition) is 1. The number of fused-ring (bicyclic) bond motifs is 1. The Hall–Kier alpha value is -2.05. The van der Waals surface area contributed by atoms with Gasteiger partial charge in [-0.2, -0.15) is 0 Å². The molecule has 1 aromatic heterocycles. The van der Waals surface area contributed by atoms with Gasteiger partial charge in [-0.25, -0.2) is 4.79 Å². The lowest BCUT2D eigenvalue weighted by Gasteiger charge is -2.18. The van der Waals surface area contributed by atoms with Crippen LogP contribution in [0.4, 0.5) is 0 Å². The average Bonchev–Trinajstić information content (AvgIpc) is 2.75. The molecule has 0 atom stereocenters. The van der Waals surface area contributed by atoms with Crippen molar-refractivity contribution in [1.29, 1.82) is 0 Å². The molecule has 0 spiro atoms. The first-order chi connectivity index (χ1) is 11.7. The second-order valence-electron chi connectivity index (χ2n) is 6.97. The zero-order valence-electron chi connectivity index (χ0n) is 16.3. The van der Waals surface area contributed by atoms with Crippen molar-refractivity contribution in [2.24, 2.45) is 7.05 Å². The molecule has 0 saturated carbocycles. The summed E-state index contributed by atoms with van der Waals surface area (Å²) in [5.41, 5.74) is 3.95. The fourth-order valence-corrected chi connectivity index (χ4v) is 3.23. The highest BCUT2D eigenvalue weighted by Gasteiger charge is 2.25. The highest BCUT2D eigenvalue weighted by atomic mass is 16.5. The minimum absolute atomic E-state index is 0.256. The molecule has 0 aliphatic carbocycles. The average molecular weight is 347 g/mol. The minimum atomic E-state index is -0.342. The lowest BCUT2D eigenvalue weighted by Crippen LogP contribution is -2.15. The Balaban J connectivity index is 2.85. The van der Waals surface area contributed by atoms with Gasteiger partial charge in [0, 0.05) is 47.9 Å². The molecular weight excluding hydrogens is 318 g/mol. The van der Waals surface area contributed by atoms with E-state index in [9.17, 15) is 9.90 Å². The number of carbonyl (C=O) groups excluding carboxylic acids is 1. The van der Waals surface area contributed by atoms with Crippen molar-refractivity contribution >= 4 is 16.9 Å². The number of hydrogen-bond acceptors (Lipinski definition) is 5. The first-order valence-electron chi connectivity index (χ1n) is 8.48. The van der Waals surface area contributed by atoms with E-state index in [1.54, 1.807) is 6.92 Å². The van der Waals surface area contributed by atoms with Crippen molar-refractivity contribution in [3.63, 3.8) is 0 Å². The number of phenolic OH excluding ortho intramolecular Hbond substituents is 1. The molecule has 1 aromatic carbocycles. The molecular formula is C19H29N3O3. The quantitative estimate of drug-likeness (QED) is 0.814. The molecule has 1 heterocycles. The number of aryl methyl sites for hydroxylation is 1. The third-order valence-corrected chi connectivity index (χ3v) is 4.38. The molecule has 0 saturated heterocycles. The number of ether oxygens (including phenoxy) is 1. The number of benzene rings is 1. The van der Waals surface area contributed by atoms with E-state index in [1.165, 1.54) is 0 Å². The normalized spacial score (nSPS) is 11.7. The van der Waals surface area contributed by atoms with Gasteiger partial charge in [-0.15, -0.1) is 0 Å². The summed E-state index contributed by atoms with van der Waals surface area (Å²) in [7, 11) is 9.77. The number of phenols is 1. The summed E-state index contributed by atoms with van der Waals surface area (Å²) >= 11 is 0. The van der Waals surface area contributed by atoms with Crippen LogP contribution < -0.4 is 0 Å². The molecule has 0 amide bonds. The minimum Gasteiger partial charge on any atom is -0.507 e. The molecule has 1 N–H and O–H groups in total. The first kappa shape index (κ1) is 19.3. The van der Waals surface area contributed by atoms with Crippen LogP contribution in [-0.4, -0.2) is 60.2 Å². The van der Waals surface area contributed by atoms with Gasteiger partial charge in [0.05, 0.1) is 12.2 Å². The van der Waals surface area contributed by atoms with Crippen LogP contribution in [0.5, 0.6) is 5.75 Å². The smallest absolute Gasteiger partial charge is 0.340 e. The van der Waals surface area contributed by atoms with Crippen LogP contribution in [0.1, 0.15) is 34.1 Å². The molecule has 0 aliphatic rings. The highest BCUT2D eigenvalue weighted by Crippen LogP contribution is 2.37. The Morgan fingerprint density at radius 2 is 1.80 bits per heavy atom. The van der Waals surface area contributed by atoms with Crippen molar-refractivity contribution < 1.29 is 14.6 Å². The molecule has 6 nitrogen and oxygen atoms in total. The van der Waals surface area contributed by atoms with Crippen LogP contribution in [0.2, 0.25) is 0 Å². The van der Waals surface area contributed by atoms with Gasteiger partial charge in [-0.1, -0.05) is 0 Å². The van der Waals surface area contributed by atoms with Crippen molar-refractivity contribution in [3.8, 4) is 5.75 Å². The Labute approximate surface area is 149 Å². The van der Waals surface area contributed by atoms with Crippen LogP contribution in [0.15, 0.2) is 6.07 Å². The van der Waals surface area contributed by atoms with Crippen LogP contribution in [0.3, 0.4) is 0 Å². The summed E-state index contributed by atoms with van der Waals surface area (Å²) in [6.45, 7) is 5.20. The number of rotatable bonds is 6. The van der Waals surface area contributed by atoms with Crippen LogP contribution in [0, 0.1) is 6.92 Å². The SMILES string of the molecule is CCOC(=O)c1c(C)n(C)c2cc(CN(C)C)c(O)c(CN(C)C)c12. The molecule has 0 bridgehead atoms. The Morgan fingerprint density at radius 1 is 1.20 bits per heavy atom. The van der Waals surface area contributed by atoms with E-state index in [1.807, 2.05) is 62.6 Å².